The molecular formula is C15H22N2O4S. The lowest BCUT2D eigenvalue weighted by molar-refractivity contribution is -0.133. The molecule has 1 aliphatic rings. The van der Waals surface area contributed by atoms with E-state index in [0.717, 1.165) is 24.0 Å². The Kier molecular flexibility index (Phi) is 5.20. The summed E-state index contributed by atoms with van der Waals surface area (Å²) in [5.41, 5.74) is 1.64. The normalized spacial score (nSPS) is 22.3. The Bertz CT molecular complexity index is 658. The fourth-order valence-electron chi connectivity index (χ4n) is 2.62. The van der Waals surface area contributed by atoms with Gasteiger partial charge in [-0.2, -0.15) is 0 Å². The number of ether oxygens (including phenoxy) is 1. The van der Waals surface area contributed by atoms with E-state index in [1.165, 1.54) is 12.1 Å². The van der Waals surface area contributed by atoms with E-state index in [1.54, 1.807) is 13.0 Å². The maximum absolute atomic E-state index is 12.2. The number of aryl methyl sites for hydroxylation is 1. The first-order valence-corrected chi connectivity index (χ1v) is 8.85. The van der Waals surface area contributed by atoms with Gasteiger partial charge in [0, 0.05) is 13.2 Å². The maximum Gasteiger partial charge on any atom is 0.238 e. The second-order valence-corrected chi connectivity index (χ2v) is 7.24. The molecule has 6 nitrogen and oxygen atoms in total. The monoisotopic (exact) mass is 326 g/mol. The van der Waals surface area contributed by atoms with Gasteiger partial charge in [-0.05, 0) is 49.9 Å². The van der Waals surface area contributed by atoms with Crippen LogP contribution in [0.4, 0.5) is 0 Å². The SMILES string of the molecule is Cc1cc(S(N)(=O)=O)ccc1CNC(=O)C1CCCOC1C. The molecule has 1 aromatic rings. The average molecular weight is 326 g/mol. The van der Waals surface area contributed by atoms with Crippen LogP contribution in [0.1, 0.15) is 30.9 Å². The fourth-order valence-corrected chi connectivity index (χ4v) is 3.22. The number of rotatable bonds is 4. The zero-order valence-corrected chi connectivity index (χ0v) is 13.7. The van der Waals surface area contributed by atoms with E-state index in [1.807, 2.05) is 6.92 Å². The minimum atomic E-state index is -3.70. The standard InChI is InChI=1S/C15H22N2O4S/c1-10-8-13(22(16,19)20)6-5-12(10)9-17-15(18)14-4-3-7-21-11(14)2/h5-6,8,11,14H,3-4,7,9H2,1-2H3,(H,17,18)(H2,16,19,20). The molecule has 2 rings (SSSR count). The predicted molar refractivity (Wildman–Crippen MR) is 82.5 cm³/mol. The average Bonchev–Trinajstić information content (AvgIpc) is 2.45. The highest BCUT2D eigenvalue weighted by Gasteiger charge is 2.28. The van der Waals surface area contributed by atoms with Crippen molar-refractivity contribution < 1.29 is 17.9 Å². The van der Waals surface area contributed by atoms with Gasteiger partial charge >= 0.3 is 0 Å². The molecule has 22 heavy (non-hydrogen) atoms. The van der Waals surface area contributed by atoms with Crippen molar-refractivity contribution in [2.75, 3.05) is 6.61 Å². The summed E-state index contributed by atoms with van der Waals surface area (Å²) in [6, 6.07) is 4.65. The molecule has 122 valence electrons. The zero-order valence-electron chi connectivity index (χ0n) is 12.8. The van der Waals surface area contributed by atoms with Crippen molar-refractivity contribution >= 4 is 15.9 Å². The van der Waals surface area contributed by atoms with Gasteiger partial charge < -0.3 is 10.1 Å². The first-order valence-electron chi connectivity index (χ1n) is 7.30. The molecule has 2 atom stereocenters. The number of nitrogens with two attached hydrogens (primary N) is 1. The van der Waals surface area contributed by atoms with Crippen LogP contribution in [0.25, 0.3) is 0 Å². The van der Waals surface area contributed by atoms with E-state index in [0.29, 0.717) is 13.2 Å². The van der Waals surface area contributed by atoms with Gasteiger partial charge in [-0.25, -0.2) is 13.6 Å². The molecule has 0 bridgehead atoms. The number of carbonyl (C=O) groups excluding carboxylic acids is 1. The van der Waals surface area contributed by atoms with E-state index in [-0.39, 0.29) is 22.8 Å². The van der Waals surface area contributed by atoms with Crippen LogP contribution in [0.3, 0.4) is 0 Å². The molecular weight excluding hydrogens is 304 g/mol. The minimum absolute atomic E-state index is 0.0258. The highest BCUT2D eigenvalue weighted by Crippen LogP contribution is 2.21. The summed E-state index contributed by atoms with van der Waals surface area (Å²) in [5.74, 6) is -0.153. The van der Waals surface area contributed by atoms with Crippen LogP contribution in [-0.4, -0.2) is 27.0 Å². The van der Waals surface area contributed by atoms with E-state index in [9.17, 15) is 13.2 Å². The van der Waals surface area contributed by atoms with Crippen LogP contribution in [0.15, 0.2) is 23.1 Å². The Morgan fingerprint density at radius 1 is 1.45 bits per heavy atom. The maximum atomic E-state index is 12.2. The molecule has 1 fully saturated rings. The zero-order chi connectivity index (χ0) is 16.3. The Morgan fingerprint density at radius 2 is 2.18 bits per heavy atom. The number of nitrogens with one attached hydrogen (secondary N) is 1. The molecule has 0 aliphatic carbocycles. The first-order chi connectivity index (χ1) is 10.3. The van der Waals surface area contributed by atoms with Gasteiger partial charge in [0.15, 0.2) is 0 Å². The van der Waals surface area contributed by atoms with Gasteiger partial charge in [0.25, 0.3) is 0 Å². The van der Waals surface area contributed by atoms with Crippen molar-refractivity contribution in [3.63, 3.8) is 0 Å². The highest BCUT2D eigenvalue weighted by molar-refractivity contribution is 7.89. The van der Waals surface area contributed by atoms with Crippen molar-refractivity contribution in [1.29, 1.82) is 0 Å². The van der Waals surface area contributed by atoms with Crippen molar-refractivity contribution in [3.05, 3.63) is 29.3 Å². The van der Waals surface area contributed by atoms with Gasteiger partial charge in [0.2, 0.25) is 15.9 Å². The number of primary sulfonamides is 1. The van der Waals surface area contributed by atoms with Crippen molar-refractivity contribution in [3.8, 4) is 0 Å². The van der Waals surface area contributed by atoms with E-state index in [4.69, 9.17) is 9.88 Å². The molecule has 1 aromatic carbocycles. The smallest absolute Gasteiger partial charge is 0.238 e. The van der Waals surface area contributed by atoms with Gasteiger partial charge in [-0.3, -0.25) is 4.79 Å². The second kappa shape index (κ2) is 6.76. The number of hydrogen-bond donors (Lipinski definition) is 2. The molecule has 2 unspecified atom stereocenters. The topological polar surface area (TPSA) is 98.5 Å². The van der Waals surface area contributed by atoms with Crippen LogP contribution in [0.5, 0.6) is 0 Å². The van der Waals surface area contributed by atoms with Gasteiger partial charge in [0.1, 0.15) is 0 Å². The van der Waals surface area contributed by atoms with E-state index >= 15 is 0 Å². The number of benzene rings is 1. The van der Waals surface area contributed by atoms with Gasteiger partial charge in [0.05, 0.1) is 16.9 Å². The van der Waals surface area contributed by atoms with Crippen molar-refractivity contribution in [2.45, 2.75) is 44.2 Å². The third-order valence-corrected chi connectivity index (χ3v) is 4.95. The molecule has 3 N–H and O–H groups in total. The Morgan fingerprint density at radius 3 is 2.77 bits per heavy atom. The van der Waals surface area contributed by atoms with E-state index < -0.39 is 10.0 Å². The van der Waals surface area contributed by atoms with Crippen LogP contribution in [0.2, 0.25) is 0 Å². The highest BCUT2D eigenvalue weighted by atomic mass is 32.2. The molecule has 1 heterocycles. The van der Waals surface area contributed by atoms with Crippen LogP contribution in [0, 0.1) is 12.8 Å². The number of sulfonamides is 1. The number of carbonyl (C=O) groups is 1. The quantitative estimate of drug-likeness (QED) is 0.864. The molecule has 0 saturated carbocycles. The molecule has 1 aliphatic heterocycles. The predicted octanol–water partition coefficient (Wildman–Crippen LogP) is 1.07. The minimum Gasteiger partial charge on any atom is -0.378 e. The Balaban J connectivity index is 2.01. The largest absolute Gasteiger partial charge is 0.378 e. The summed E-state index contributed by atoms with van der Waals surface area (Å²) in [4.78, 5) is 12.3. The summed E-state index contributed by atoms with van der Waals surface area (Å²) >= 11 is 0. The third-order valence-electron chi connectivity index (χ3n) is 4.04. The first kappa shape index (κ1) is 16.9. The van der Waals surface area contributed by atoms with E-state index in [2.05, 4.69) is 5.32 Å². The molecule has 0 spiro atoms. The van der Waals surface area contributed by atoms with Crippen LogP contribution < -0.4 is 10.5 Å². The van der Waals surface area contributed by atoms with Gasteiger partial charge in [-0.15, -0.1) is 0 Å². The molecule has 7 heteroatoms. The summed E-state index contributed by atoms with van der Waals surface area (Å²) in [6.07, 6.45) is 1.65. The second-order valence-electron chi connectivity index (χ2n) is 5.68. The summed E-state index contributed by atoms with van der Waals surface area (Å²) in [7, 11) is -3.70. The summed E-state index contributed by atoms with van der Waals surface area (Å²) in [5, 5.41) is 8.00. The summed E-state index contributed by atoms with van der Waals surface area (Å²) in [6.45, 7) is 4.77. The van der Waals surface area contributed by atoms with Crippen molar-refractivity contribution in [1.82, 2.24) is 5.32 Å². The lowest BCUT2D eigenvalue weighted by atomic mass is 9.94. The van der Waals surface area contributed by atoms with Crippen LogP contribution in [-0.2, 0) is 26.1 Å². The Labute approximate surface area is 131 Å². The number of hydrogen-bond acceptors (Lipinski definition) is 4. The molecule has 1 saturated heterocycles. The molecule has 1 amide bonds. The Hall–Kier alpha value is -1.44. The number of amides is 1. The lowest BCUT2D eigenvalue weighted by Crippen LogP contribution is -2.40. The lowest BCUT2D eigenvalue weighted by Gasteiger charge is -2.28. The van der Waals surface area contributed by atoms with Crippen LogP contribution >= 0.6 is 0 Å². The van der Waals surface area contributed by atoms with Gasteiger partial charge in [-0.1, -0.05) is 6.07 Å². The third kappa shape index (κ3) is 4.06. The molecule has 0 aromatic heterocycles. The molecule has 0 radical (unpaired) electrons. The van der Waals surface area contributed by atoms with Crippen molar-refractivity contribution in [2.24, 2.45) is 11.1 Å². The summed E-state index contributed by atoms with van der Waals surface area (Å²) < 4.78 is 28.1. The fraction of sp³-hybridized carbons (Fsp3) is 0.533.